The Labute approximate surface area is 145 Å². The number of imide groups is 1. The van der Waals surface area contributed by atoms with E-state index in [4.69, 9.17) is 21.1 Å². The van der Waals surface area contributed by atoms with Crippen molar-refractivity contribution in [3.05, 3.63) is 29.3 Å². The maximum Gasteiger partial charge on any atom is 0.251 e. The Morgan fingerprint density at radius 1 is 1.04 bits per heavy atom. The van der Waals surface area contributed by atoms with Crippen LogP contribution in [0, 0.1) is 0 Å². The molecule has 1 aromatic rings. The Balaban J connectivity index is 1.47. The van der Waals surface area contributed by atoms with Crippen molar-refractivity contribution in [1.29, 1.82) is 0 Å². The summed E-state index contributed by atoms with van der Waals surface area (Å²) in [5.74, 6) is -0.801. The van der Waals surface area contributed by atoms with Crippen LogP contribution >= 0.6 is 11.6 Å². The zero-order valence-electron chi connectivity index (χ0n) is 13.2. The molecule has 3 heterocycles. The molecular weight excluding hydrogens is 332 g/mol. The Hall–Kier alpha value is -1.47. The molecule has 4 rings (SSSR count). The number of piperidine rings is 1. The average molecular weight is 351 g/mol. The molecule has 0 unspecified atom stereocenters. The second-order valence-corrected chi connectivity index (χ2v) is 6.84. The summed E-state index contributed by atoms with van der Waals surface area (Å²) in [6.45, 7) is 2.65. The summed E-state index contributed by atoms with van der Waals surface area (Å²) in [5.41, 5.74) is 0.577. The van der Waals surface area contributed by atoms with E-state index in [1.165, 1.54) is 4.90 Å². The lowest BCUT2D eigenvalue weighted by Gasteiger charge is -2.39. The van der Waals surface area contributed by atoms with Gasteiger partial charge in [-0.15, -0.1) is 0 Å². The van der Waals surface area contributed by atoms with Crippen molar-refractivity contribution in [2.24, 2.45) is 0 Å². The molecule has 0 aromatic heterocycles. The van der Waals surface area contributed by atoms with Gasteiger partial charge in [0.25, 0.3) is 5.91 Å². The van der Waals surface area contributed by atoms with E-state index >= 15 is 0 Å². The number of rotatable bonds is 2. The van der Waals surface area contributed by atoms with E-state index in [9.17, 15) is 9.59 Å². The molecule has 3 aliphatic rings. The minimum absolute atomic E-state index is 0.161. The van der Waals surface area contributed by atoms with E-state index in [0.717, 1.165) is 12.8 Å². The van der Waals surface area contributed by atoms with Crippen molar-refractivity contribution in [3.8, 4) is 0 Å². The molecule has 1 aromatic carbocycles. The third-order valence-electron chi connectivity index (χ3n) is 5.02. The predicted molar refractivity (Wildman–Crippen MR) is 87.8 cm³/mol. The normalized spacial score (nSPS) is 27.4. The zero-order valence-corrected chi connectivity index (χ0v) is 14.0. The number of nitrogens with zero attached hydrogens (tertiary/aromatic N) is 2. The zero-order chi connectivity index (χ0) is 16.7. The molecule has 0 aliphatic carbocycles. The van der Waals surface area contributed by atoms with Gasteiger partial charge in [0.1, 0.15) is 0 Å². The molecule has 1 atom stereocenters. The summed E-state index contributed by atoms with van der Waals surface area (Å²) >= 11 is 5.88. The van der Waals surface area contributed by atoms with Crippen LogP contribution in [0.3, 0.4) is 0 Å². The molecule has 3 fully saturated rings. The molecule has 24 heavy (non-hydrogen) atoms. The molecule has 0 bridgehead atoms. The monoisotopic (exact) mass is 350 g/mol. The topological polar surface area (TPSA) is 59.1 Å². The van der Waals surface area contributed by atoms with Gasteiger partial charge in [0.05, 0.1) is 31.4 Å². The van der Waals surface area contributed by atoms with Crippen LogP contribution < -0.4 is 4.90 Å². The van der Waals surface area contributed by atoms with E-state index in [-0.39, 0.29) is 18.2 Å². The van der Waals surface area contributed by atoms with Gasteiger partial charge in [0.2, 0.25) is 5.91 Å². The first-order chi connectivity index (χ1) is 11.6. The van der Waals surface area contributed by atoms with Crippen LogP contribution in [0.2, 0.25) is 5.02 Å². The highest BCUT2D eigenvalue weighted by atomic mass is 35.5. The van der Waals surface area contributed by atoms with E-state index in [1.54, 1.807) is 24.3 Å². The molecule has 1 spiro atoms. The molecule has 0 radical (unpaired) electrons. The van der Waals surface area contributed by atoms with Gasteiger partial charge in [0, 0.05) is 31.0 Å². The fourth-order valence-corrected chi connectivity index (χ4v) is 3.85. The lowest BCUT2D eigenvalue weighted by atomic mass is 10.0. The first-order valence-corrected chi connectivity index (χ1v) is 8.60. The van der Waals surface area contributed by atoms with Crippen molar-refractivity contribution in [2.75, 3.05) is 31.2 Å². The summed E-state index contributed by atoms with van der Waals surface area (Å²) in [6, 6.07) is 6.37. The van der Waals surface area contributed by atoms with Crippen LogP contribution in [0.25, 0.3) is 0 Å². The number of amides is 2. The van der Waals surface area contributed by atoms with Gasteiger partial charge in [-0.25, -0.2) is 4.90 Å². The molecule has 6 nitrogen and oxygen atoms in total. The predicted octanol–water partition coefficient (Wildman–Crippen LogP) is 1.81. The molecule has 3 saturated heterocycles. The third-order valence-corrected chi connectivity index (χ3v) is 5.27. The lowest BCUT2D eigenvalue weighted by molar-refractivity contribution is -0.188. The molecule has 3 aliphatic heterocycles. The largest absolute Gasteiger partial charge is 0.347 e. The highest BCUT2D eigenvalue weighted by molar-refractivity contribution is 6.30. The standard InChI is InChI=1S/C17H19ClN2O4/c18-12-1-3-13(4-2-12)20-15(21)11-14(16(20)22)19-7-5-17(6-8-19)23-9-10-24-17/h1-4,14H,5-11H2/t14-/m0/s1. The number of carbonyl (C=O) groups excluding carboxylic acids is 2. The molecule has 2 amide bonds. The maximum absolute atomic E-state index is 12.8. The van der Waals surface area contributed by atoms with Crippen LogP contribution in [0.1, 0.15) is 19.3 Å². The smallest absolute Gasteiger partial charge is 0.251 e. The second kappa shape index (κ2) is 6.11. The number of halogens is 1. The molecule has 7 heteroatoms. The number of benzene rings is 1. The van der Waals surface area contributed by atoms with Gasteiger partial charge in [-0.2, -0.15) is 0 Å². The number of likely N-dealkylation sites (tertiary alicyclic amines) is 1. The second-order valence-electron chi connectivity index (χ2n) is 6.41. The molecular formula is C17H19ClN2O4. The SMILES string of the molecule is O=C1C[C@H](N2CCC3(CC2)OCCO3)C(=O)N1c1ccc(Cl)cc1. The van der Waals surface area contributed by atoms with Crippen molar-refractivity contribution >= 4 is 29.1 Å². The van der Waals surface area contributed by atoms with Crippen LogP contribution in [0.15, 0.2) is 24.3 Å². The van der Waals surface area contributed by atoms with Gasteiger partial charge in [-0.05, 0) is 24.3 Å². The van der Waals surface area contributed by atoms with Gasteiger partial charge in [-0.3, -0.25) is 14.5 Å². The van der Waals surface area contributed by atoms with Crippen molar-refractivity contribution < 1.29 is 19.1 Å². The number of ether oxygens (including phenoxy) is 2. The first-order valence-electron chi connectivity index (χ1n) is 8.22. The Kier molecular flexibility index (Phi) is 4.08. The van der Waals surface area contributed by atoms with E-state index < -0.39 is 11.8 Å². The highest BCUT2D eigenvalue weighted by Crippen LogP contribution is 2.34. The Morgan fingerprint density at radius 3 is 2.29 bits per heavy atom. The Morgan fingerprint density at radius 2 is 1.67 bits per heavy atom. The van der Waals surface area contributed by atoms with E-state index in [0.29, 0.717) is 37.0 Å². The van der Waals surface area contributed by atoms with E-state index in [2.05, 4.69) is 4.90 Å². The quantitative estimate of drug-likeness (QED) is 0.761. The van der Waals surface area contributed by atoms with Gasteiger partial charge >= 0.3 is 0 Å². The number of hydrogen-bond acceptors (Lipinski definition) is 5. The fourth-order valence-electron chi connectivity index (χ4n) is 3.72. The van der Waals surface area contributed by atoms with E-state index in [1.807, 2.05) is 0 Å². The van der Waals surface area contributed by atoms with Gasteiger partial charge in [-0.1, -0.05) is 11.6 Å². The van der Waals surface area contributed by atoms with Crippen LogP contribution in [0.4, 0.5) is 5.69 Å². The van der Waals surface area contributed by atoms with Crippen molar-refractivity contribution in [2.45, 2.75) is 31.1 Å². The summed E-state index contributed by atoms with van der Waals surface area (Å²) < 4.78 is 11.4. The third kappa shape index (κ3) is 2.73. The number of anilines is 1. The van der Waals surface area contributed by atoms with Crippen LogP contribution in [-0.4, -0.2) is 54.8 Å². The minimum Gasteiger partial charge on any atom is -0.347 e. The highest BCUT2D eigenvalue weighted by Gasteiger charge is 2.47. The lowest BCUT2D eigenvalue weighted by Crippen LogP contribution is -2.51. The van der Waals surface area contributed by atoms with Gasteiger partial charge in [0.15, 0.2) is 5.79 Å². The molecule has 128 valence electrons. The van der Waals surface area contributed by atoms with Crippen molar-refractivity contribution in [1.82, 2.24) is 4.90 Å². The maximum atomic E-state index is 12.8. The number of carbonyl (C=O) groups is 2. The number of hydrogen-bond donors (Lipinski definition) is 0. The summed E-state index contributed by atoms with van der Waals surface area (Å²) in [6.07, 6.45) is 1.67. The molecule has 0 saturated carbocycles. The average Bonchev–Trinajstić information content (AvgIpc) is 3.15. The fraction of sp³-hybridized carbons (Fsp3) is 0.529. The van der Waals surface area contributed by atoms with Crippen LogP contribution in [-0.2, 0) is 19.1 Å². The summed E-state index contributed by atoms with van der Waals surface area (Å²) in [5, 5.41) is 0.576. The minimum atomic E-state index is -0.474. The summed E-state index contributed by atoms with van der Waals surface area (Å²) in [4.78, 5) is 28.5. The van der Waals surface area contributed by atoms with Crippen molar-refractivity contribution in [3.63, 3.8) is 0 Å². The van der Waals surface area contributed by atoms with Gasteiger partial charge < -0.3 is 9.47 Å². The summed E-state index contributed by atoms with van der Waals surface area (Å²) in [7, 11) is 0. The Bertz CT molecular complexity index is 647. The van der Waals surface area contributed by atoms with Crippen LogP contribution in [0.5, 0.6) is 0 Å². The molecule has 0 N–H and O–H groups in total. The first kappa shape index (κ1) is 16.0.